The van der Waals surface area contributed by atoms with Crippen LogP contribution in [0.5, 0.6) is 5.75 Å². The Balaban J connectivity index is 1.88. The van der Waals surface area contributed by atoms with Crippen LogP contribution in [-0.2, 0) is 0 Å². The first-order chi connectivity index (χ1) is 10.1. The second-order valence-corrected chi connectivity index (χ2v) is 6.43. The highest BCUT2D eigenvalue weighted by atomic mass is 79.9. The molecule has 21 heavy (non-hydrogen) atoms. The molecule has 1 N–H and O–H groups in total. The fourth-order valence-corrected chi connectivity index (χ4v) is 2.97. The molecule has 0 unspecified atom stereocenters. The van der Waals surface area contributed by atoms with Crippen molar-refractivity contribution >= 4 is 33.7 Å². The van der Waals surface area contributed by atoms with Gasteiger partial charge in [0.05, 0.1) is 12.2 Å². The molecule has 2 aromatic rings. The third-order valence-corrected chi connectivity index (χ3v) is 4.52. The molecule has 0 bridgehead atoms. The van der Waals surface area contributed by atoms with E-state index in [-0.39, 0.29) is 5.56 Å². The summed E-state index contributed by atoms with van der Waals surface area (Å²) < 4.78 is 6.31. The molecule has 0 atom stereocenters. The summed E-state index contributed by atoms with van der Waals surface area (Å²) in [6.45, 7) is 2.59. The fourth-order valence-electron chi connectivity index (χ4n) is 1.79. The van der Waals surface area contributed by atoms with Crippen molar-refractivity contribution in [2.45, 2.75) is 11.8 Å². The topological polar surface area (TPSA) is 46.5 Å². The van der Waals surface area contributed by atoms with E-state index in [1.54, 1.807) is 23.9 Å². The molecule has 0 saturated carbocycles. The average Bonchev–Trinajstić information content (AvgIpc) is 2.46. The van der Waals surface area contributed by atoms with Gasteiger partial charge in [-0.1, -0.05) is 18.2 Å². The van der Waals surface area contributed by atoms with Gasteiger partial charge in [-0.2, -0.15) is 0 Å². The molecule has 0 spiro atoms. The Morgan fingerprint density at radius 2 is 2.05 bits per heavy atom. The molecule has 0 saturated heterocycles. The summed E-state index contributed by atoms with van der Waals surface area (Å²) in [5.41, 5.74) is 1.39. The number of ether oxygens (including phenoxy) is 1. The van der Waals surface area contributed by atoms with Crippen molar-refractivity contribution in [1.82, 2.24) is 0 Å². The molecule has 0 heterocycles. The number of hydrogen-bond acceptors (Lipinski definition) is 3. The van der Waals surface area contributed by atoms with E-state index >= 15 is 0 Å². The number of hydrogen-bond donors (Lipinski definition) is 1. The van der Waals surface area contributed by atoms with Gasteiger partial charge in [-0.05, 0) is 52.7 Å². The summed E-state index contributed by atoms with van der Waals surface area (Å²) in [7, 11) is 0. The van der Waals surface area contributed by atoms with Gasteiger partial charge in [-0.25, -0.2) is 4.79 Å². The number of benzene rings is 2. The molecule has 3 nitrogen and oxygen atoms in total. The van der Waals surface area contributed by atoms with Crippen LogP contribution < -0.4 is 4.74 Å². The summed E-state index contributed by atoms with van der Waals surface area (Å²) in [5.74, 6) is 0.718. The number of carbonyl (C=O) groups is 1. The minimum atomic E-state index is -0.930. The zero-order valence-corrected chi connectivity index (χ0v) is 13.9. The van der Waals surface area contributed by atoms with Crippen LogP contribution in [-0.4, -0.2) is 23.4 Å². The van der Waals surface area contributed by atoms with Gasteiger partial charge in [0, 0.05) is 15.1 Å². The van der Waals surface area contributed by atoms with Crippen LogP contribution in [0.15, 0.2) is 51.8 Å². The van der Waals surface area contributed by atoms with E-state index in [0.29, 0.717) is 11.1 Å². The van der Waals surface area contributed by atoms with Gasteiger partial charge in [-0.3, -0.25) is 0 Å². The Morgan fingerprint density at radius 3 is 2.76 bits per heavy atom. The first kappa shape index (κ1) is 15.9. The van der Waals surface area contributed by atoms with Crippen LogP contribution in [0.4, 0.5) is 0 Å². The molecule has 0 aliphatic heterocycles. The van der Waals surface area contributed by atoms with Gasteiger partial charge in [0.2, 0.25) is 0 Å². The van der Waals surface area contributed by atoms with E-state index in [9.17, 15) is 4.79 Å². The van der Waals surface area contributed by atoms with Crippen molar-refractivity contribution in [3.05, 3.63) is 58.1 Å². The van der Waals surface area contributed by atoms with E-state index in [1.165, 1.54) is 0 Å². The Bertz CT molecular complexity index is 643. The number of halogens is 1. The third kappa shape index (κ3) is 4.51. The monoisotopic (exact) mass is 366 g/mol. The molecule has 2 aromatic carbocycles. The van der Waals surface area contributed by atoms with Gasteiger partial charge in [0.25, 0.3) is 0 Å². The maximum absolute atomic E-state index is 11.1. The first-order valence-electron chi connectivity index (χ1n) is 6.42. The Kier molecular flexibility index (Phi) is 5.70. The van der Waals surface area contributed by atoms with Crippen molar-refractivity contribution in [2.24, 2.45) is 0 Å². The molecule has 5 heteroatoms. The van der Waals surface area contributed by atoms with E-state index in [0.717, 1.165) is 22.0 Å². The second kappa shape index (κ2) is 7.52. The average molecular weight is 367 g/mol. The molecular formula is C16H15BrO3S. The van der Waals surface area contributed by atoms with E-state index < -0.39 is 5.97 Å². The predicted molar refractivity (Wildman–Crippen MR) is 88.5 cm³/mol. The lowest BCUT2D eigenvalue weighted by atomic mass is 10.2. The Morgan fingerprint density at radius 1 is 1.29 bits per heavy atom. The van der Waals surface area contributed by atoms with E-state index in [4.69, 9.17) is 9.84 Å². The second-order valence-electron chi connectivity index (χ2n) is 4.41. The minimum absolute atomic E-state index is 0.278. The maximum Gasteiger partial charge on any atom is 0.336 e. The standard InChI is InChI=1S/C16H15BrO3S/c1-11-4-2-3-5-15(11)20-8-9-21-12-6-7-14(17)13(10-12)16(18)19/h2-7,10H,8-9H2,1H3,(H,18,19). The summed E-state index contributed by atoms with van der Waals surface area (Å²) in [5, 5.41) is 9.08. The molecule has 110 valence electrons. The number of carboxylic acids is 1. The zero-order chi connectivity index (χ0) is 15.2. The van der Waals surface area contributed by atoms with Crippen LogP contribution in [0.25, 0.3) is 0 Å². The highest BCUT2D eigenvalue weighted by Crippen LogP contribution is 2.25. The third-order valence-electron chi connectivity index (χ3n) is 2.87. The molecule has 0 aliphatic carbocycles. The maximum atomic E-state index is 11.1. The summed E-state index contributed by atoms with van der Waals surface area (Å²) in [6, 6.07) is 13.2. The van der Waals surface area contributed by atoms with Crippen molar-refractivity contribution < 1.29 is 14.6 Å². The number of rotatable bonds is 6. The zero-order valence-electron chi connectivity index (χ0n) is 11.5. The van der Waals surface area contributed by atoms with Crippen LogP contribution in [0, 0.1) is 6.92 Å². The van der Waals surface area contributed by atoms with Crippen molar-refractivity contribution in [2.75, 3.05) is 12.4 Å². The van der Waals surface area contributed by atoms with Crippen LogP contribution in [0.2, 0.25) is 0 Å². The minimum Gasteiger partial charge on any atom is -0.492 e. The van der Waals surface area contributed by atoms with Crippen LogP contribution in [0.3, 0.4) is 0 Å². The SMILES string of the molecule is Cc1ccccc1OCCSc1ccc(Br)c(C(=O)O)c1. The molecule has 0 fully saturated rings. The van der Waals surface area contributed by atoms with E-state index in [1.807, 2.05) is 37.3 Å². The van der Waals surface area contributed by atoms with Crippen LogP contribution in [0.1, 0.15) is 15.9 Å². The van der Waals surface area contributed by atoms with Gasteiger partial charge >= 0.3 is 5.97 Å². The number of aromatic carboxylic acids is 1. The predicted octanol–water partition coefficient (Wildman–Crippen LogP) is 4.63. The molecule has 0 aliphatic rings. The van der Waals surface area contributed by atoms with Crippen molar-refractivity contribution in [3.63, 3.8) is 0 Å². The van der Waals surface area contributed by atoms with Gasteiger partial charge < -0.3 is 9.84 Å². The highest BCUT2D eigenvalue weighted by molar-refractivity contribution is 9.10. The lowest BCUT2D eigenvalue weighted by molar-refractivity contribution is 0.0695. The Labute approximate surface area is 136 Å². The van der Waals surface area contributed by atoms with Gasteiger partial charge in [-0.15, -0.1) is 11.8 Å². The molecule has 2 rings (SSSR count). The highest BCUT2D eigenvalue weighted by Gasteiger charge is 2.09. The van der Waals surface area contributed by atoms with Gasteiger partial charge in [0.1, 0.15) is 5.75 Å². The largest absolute Gasteiger partial charge is 0.492 e. The van der Waals surface area contributed by atoms with Crippen molar-refractivity contribution in [1.29, 1.82) is 0 Å². The smallest absolute Gasteiger partial charge is 0.336 e. The summed E-state index contributed by atoms with van der Waals surface area (Å²) >= 11 is 4.81. The normalized spacial score (nSPS) is 10.4. The summed E-state index contributed by atoms with van der Waals surface area (Å²) in [6.07, 6.45) is 0. The fraction of sp³-hybridized carbons (Fsp3) is 0.188. The van der Waals surface area contributed by atoms with E-state index in [2.05, 4.69) is 15.9 Å². The van der Waals surface area contributed by atoms with Gasteiger partial charge in [0.15, 0.2) is 0 Å². The molecular weight excluding hydrogens is 352 g/mol. The Hall–Kier alpha value is -1.46. The molecule has 0 aromatic heterocycles. The molecule has 0 amide bonds. The quantitative estimate of drug-likeness (QED) is 0.598. The number of para-hydroxylation sites is 1. The lowest BCUT2D eigenvalue weighted by Crippen LogP contribution is -2.02. The summed E-state index contributed by atoms with van der Waals surface area (Å²) in [4.78, 5) is 12.0. The number of thioether (sulfide) groups is 1. The van der Waals surface area contributed by atoms with Crippen molar-refractivity contribution in [3.8, 4) is 5.75 Å². The molecule has 0 radical (unpaired) electrons. The lowest BCUT2D eigenvalue weighted by Gasteiger charge is -2.09. The van der Waals surface area contributed by atoms with Crippen LogP contribution >= 0.6 is 27.7 Å². The number of aryl methyl sites for hydroxylation is 1. The number of carboxylic acid groups (broad SMARTS) is 1. The first-order valence-corrected chi connectivity index (χ1v) is 8.20.